The average Bonchev–Trinajstić information content (AvgIpc) is 3.09. The molecule has 0 heterocycles. The third-order valence-electron chi connectivity index (χ3n) is 9.09. The molecule has 0 radical (unpaired) electrons. The zero-order chi connectivity index (χ0) is 34.8. The van der Waals surface area contributed by atoms with Crippen molar-refractivity contribution >= 4 is 28.7 Å². The first-order valence-electron chi connectivity index (χ1n) is 16.6. The van der Waals surface area contributed by atoms with Gasteiger partial charge in [0.05, 0.1) is 19.5 Å². The summed E-state index contributed by atoms with van der Waals surface area (Å²) in [7, 11) is -3.44. The molecule has 48 heavy (non-hydrogen) atoms. The Balaban J connectivity index is 1.72. The Morgan fingerprint density at radius 3 is 1.56 bits per heavy atom. The van der Waals surface area contributed by atoms with Crippen molar-refractivity contribution in [3.63, 3.8) is 0 Å². The fourth-order valence-electron chi connectivity index (χ4n) is 6.53. The predicted molar refractivity (Wildman–Crippen MR) is 200 cm³/mol. The quantitative estimate of drug-likeness (QED) is 0.0847. The number of sulfonamides is 1. The van der Waals surface area contributed by atoms with Gasteiger partial charge in [-0.2, -0.15) is 4.31 Å². The highest BCUT2D eigenvalue weighted by molar-refractivity contribution is 7.89. The van der Waals surface area contributed by atoms with Crippen LogP contribution in [0.25, 0.3) is 0 Å². The Bertz CT molecular complexity index is 1580. The van der Waals surface area contributed by atoms with Gasteiger partial charge in [0, 0.05) is 19.7 Å². The molecule has 2 unspecified atom stereocenters. The predicted octanol–water partition coefficient (Wildman–Crippen LogP) is 7.58. The van der Waals surface area contributed by atoms with E-state index >= 15 is 0 Å². The summed E-state index contributed by atoms with van der Waals surface area (Å²) in [6, 6.07) is 36.1. The lowest BCUT2D eigenvalue weighted by Crippen LogP contribution is -2.66. The lowest BCUT2D eigenvalue weighted by molar-refractivity contribution is 0.274. The van der Waals surface area contributed by atoms with Crippen molar-refractivity contribution < 1.29 is 22.3 Å². The number of hydrogen-bond acceptors (Lipinski definition) is 5. The number of hydrogen-bond donors (Lipinski definition) is 0. The van der Waals surface area contributed by atoms with Gasteiger partial charge in [-0.1, -0.05) is 119 Å². The number of rotatable bonds is 17. The average molecular weight is 686 g/mol. The van der Waals surface area contributed by atoms with Crippen LogP contribution in [0.4, 0.5) is 0 Å². The molecule has 0 amide bonds. The molecule has 8 heteroatoms. The van der Waals surface area contributed by atoms with Crippen molar-refractivity contribution in [2.24, 2.45) is 5.92 Å². The standard InChI is InChI=1S/C40H51NO5SSi/c1-8-15-32(2)39(28-29-46-48(40(3,4)5,37-16-11-9-12-17-37)38-18-13-10-14-19-38)47(42,43)41(30-33-20-24-35(44-6)25-21-33)31-34-22-26-36(45-7)27-23-34/h8-14,16-27,32,39H,1,15,28-31H2,2-7H3. The molecule has 4 aromatic carbocycles. The van der Waals surface area contributed by atoms with Crippen molar-refractivity contribution in [1.82, 2.24) is 4.31 Å². The zero-order valence-electron chi connectivity index (χ0n) is 29.3. The molecule has 4 aromatic rings. The summed E-state index contributed by atoms with van der Waals surface area (Å²) < 4.78 is 49.3. The van der Waals surface area contributed by atoms with Crippen LogP contribution in [0.5, 0.6) is 11.5 Å². The highest BCUT2D eigenvalue weighted by Crippen LogP contribution is 2.37. The molecule has 4 rings (SSSR count). The Hall–Kier alpha value is -3.69. The maximum atomic E-state index is 14.9. The van der Waals surface area contributed by atoms with Crippen LogP contribution in [0, 0.1) is 5.92 Å². The Labute approximate surface area is 289 Å². The summed E-state index contributed by atoms with van der Waals surface area (Å²) in [6.07, 6.45) is 2.74. The number of ether oxygens (including phenoxy) is 2. The summed E-state index contributed by atoms with van der Waals surface area (Å²) in [4.78, 5) is 0. The van der Waals surface area contributed by atoms with E-state index in [2.05, 4.69) is 75.9 Å². The number of methoxy groups -OCH3 is 2. The first-order chi connectivity index (χ1) is 23.0. The van der Waals surface area contributed by atoms with Crippen LogP contribution in [0.2, 0.25) is 5.04 Å². The third kappa shape index (κ3) is 8.66. The van der Waals surface area contributed by atoms with E-state index in [1.54, 1.807) is 18.5 Å². The molecular weight excluding hydrogens is 635 g/mol. The molecule has 0 aliphatic rings. The van der Waals surface area contributed by atoms with Gasteiger partial charge in [0.15, 0.2) is 0 Å². The Morgan fingerprint density at radius 2 is 1.19 bits per heavy atom. The minimum atomic E-state index is -3.84. The van der Waals surface area contributed by atoms with Gasteiger partial charge in [-0.3, -0.25) is 0 Å². The van der Waals surface area contributed by atoms with Gasteiger partial charge in [-0.15, -0.1) is 6.58 Å². The SMILES string of the molecule is C=CCC(C)C(CCO[Si](c1ccccc1)(c1ccccc1)C(C)(C)C)S(=O)(=O)N(Cc1ccc(OC)cc1)Cc1ccc(OC)cc1. The Morgan fingerprint density at radius 1 is 0.750 bits per heavy atom. The first kappa shape index (κ1) is 37.1. The van der Waals surface area contributed by atoms with Gasteiger partial charge in [-0.25, -0.2) is 8.42 Å². The van der Waals surface area contributed by atoms with Crippen molar-refractivity contribution in [3.8, 4) is 11.5 Å². The van der Waals surface area contributed by atoms with Crippen LogP contribution in [0.1, 0.15) is 51.7 Å². The summed E-state index contributed by atoms with van der Waals surface area (Å²) in [5.74, 6) is 1.27. The second-order valence-corrected chi connectivity index (χ2v) is 19.8. The van der Waals surface area contributed by atoms with E-state index in [4.69, 9.17) is 13.9 Å². The van der Waals surface area contributed by atoms with Crippen LogP contribution in [0.15, 0.2) is 122 Å². The van der Waals surface area contributed by atoms with Gasteiger partial charge in [0.1, 0.15) is 11.5 Å². The topological polar surface area (TPSA) is 65.1 Å². The molecule has 0 saturated carbocycles. The molecule has 0 saturated heterocycles. The van der Waals surface area contributed by atoms with Gasteiger partial charge in [0.25, 0.3) is 8.32 Å². The van der Waals surface area contributed by atoms with E-state index in [1.165, 1.54) is 10.4 Å². The highest BCUT2D eigenvalue weighted by atomic mass is 32.2. The van der Waals surface area contributed by atoms with Crippen molar-refractivity contribution in [3.05, 3.63) is 133 Å². The van der Waals surface area contributed by atoms with E-state index in [-0.39, 0.29) is 24.0 Å². The van der Waals surface area contributed by atoms with Crippen molar-refractivity contribution in [2.75, 3.05) is 20.8 Å². The lowest BCUT2D eigenvalue weighted by atomic mass is 10.0. The largest absolute Gasteiger partial charge is 0.497 e. The van der Waals surface area contributed by atoms with Gasteiger partial charge in [0.2, 0.25) is 10.0 Å². The number of allylic oxidation sites excluding steroid dienone is 1. The smallest absolute Gasteiger partial charge is 0.261 e. The second kappa shape index (κ2) is 16.6. The first-order valence-corrected chi connectivity index (χ1v) is 20.0. The summed E-state index contributed by atoms with van der Waals surface area (Å²) in [5, 5.41) is 1.43. The number of nitrogens with zero attached hydrogens (tertiary/aromatic N) is 1. The summed E-state index contributed by atoms with van der Waals surface area (Å²) in [6.45, 7) is 13.4. The van der Waals surface area contributed by atoms with Crippen LogP contribution in [0.3, 0.4) is 0 Å². The van der Waals surface area contributed by atoms with Crippen LogP contribution < -0.4 is 19.8 Å². The van der Waals surface area contributed by atoms with Crippen LogP contribution >= 0.6 is 0 Å². The van der Waals surface area contributed by atoms with Crippen molar-refractivity contribution in [1.29, 1.82) is 0 Å². The second-order valence-electron chi connectivity index (χ2n) is 13.3. The maximum absolute atomic E-state index is 14.9. The van der Waals surface area contributed by atoms with Gasteiger partial charge >= 0.3 is 0 Å². The van der Waals surface area contributed by atoms with E-state index < -0.39 is 23.6 Å². The fraction of sp³-hybridized carbons (Fsp3) is 0.350. The van der Waals surface area contributed by atoms with Crippen molar-refractivity contribution in [2.45, 2.75) is 63.9 Å². The van der Waals surface area contributed by atoms with Crippen LogP contribution in [-0.4, -0.2) is 47.1 Å². The monoisotopic (exact) mass is 685 g/mol. The van der Waals surface area contributed by atoms with E-state index in [9.17, 15) is 8.42 Å². The summed E-state index contributed by atoms with van der Waals surface area (Å²) in [5.41, 5.74) is 1.76. The Kier molecular flexibility index (Phi) is 12.9. The fourth-order valence-corrected chi connectivity index (χ4v) is 13.2. The molecule has 256 valence electrons. The van der Waals surface area contributed by atoms with E-state index in [1.807, 2.05) is 73.7 Å². The zero-order valence-corrected chi connectivity index (χ0v) is 31.1. The van der Waals surface area contributed by atoms with E-state index in [0.717, 1.165) is 22.6 Å². The van der Waals surface area contributed by atoms with Crippen LogP contribution in [-0.2, 0) is 27.5 Å². The summed E-state index contributed by atoms with van der Waals surface area (Å²) >= 11 is 0. The lowest BCUT2D eigenvalue weighted by Gasteiger charge is -2.43. The minimum absolute atomic E-state index is 0.176. The molecule has 6 nitrogen and oxygen atoms in total. The highest BCUT2D eigenvalue weighted by Gasteiger charge is 2.50. The molecule has 0 aromatic heterocycles. The third-order valence-corrected chi connectivity index (χ3v) is 16.6. The molecule has 0 fully saturated rings. The van der Waals surface area contributed by atoms with Gasteiger partial charge in [-0.05, 0) is 69.6 Å². The molecule has 0 aliphatic heterocycles. The number of benzene rings is 4. The minimum Gasteiger partial charge on any atom is -0.497 e. The normalized spacial score (nSPS) is 13.6. The maximum Gasteiger partial charge on any atom is 0.261 e. The molecule has 0 spiro atoms. The molecular formula is C40H51NO5SSi. The van der Waals surface area contributed by atoms with E-state index in [0.29, 0.717) is 19.4 Å². The van der Waals surface area contributed by atoms with Gasteiger partial charge < -0.3 is 13.9 Å². The molecule has 0 bridgehead atoms. The molecule has 0 aliphatic carbocycles. The molecule has 0 N–H and O–H groups in total. The molecule has 2 atom stereocenters.